The van der Waals surface area contributed by atoms with E-state index >= 15 is 0 Å². The molecule has 0 amide bonds. The van der Waals surface area contributed by atoms with E-state index in [0.717, 1.165) is 9.37 Å². The van der Waals surface area contributed by atoms with Gasteiger partial charge in [0.2, 0.25) is 0 Å². The smallest absolute Gasteiger partial charge is 0.106 e. The third-order valence-corrected chi connectivity index (χ3v) is 7.34. The minimum absolute atomic E-state index is 0.0422. The van der Waals surface area contributed by atoms with Gasteiger partial charge >= 0.3 is 0 Å². The molecule has 0 fully saturated rings. The van der Waals surface area contributed by atoms with Gasteiger partial charge in [-0.25, -0.2) is 4.98 Å². The van der Waals surface area contributed by atoms with Crippen LogP contribution in [0.4, 0.5) is 0 Å². The van der Waals surface area contributed by atoms with Crippen molar-refractivity contribution in [3.63, 3.8) is 0 Å². The van der Waals surface area contributed by atoms with Crippen LogP contribution in [0.15, 0.2) is 70.6 Å². The molecule has 2 nitrogen and oxygen atoms in total. The van der Waals surface area contributed by atoms with Gasteiger partial charge in [-0.05, 0) is 35.9 Å². The predicted octanol–water partition coefficient (Wildman–Crippen LogP) is 7.38. The summed E-state index contributed by atoms with van der Waals surface area (Å²) in [6.45, 7) is 0. The summed E-state index contributed by atoms with van der Waals surface area (Å²) >= 11 is 21.2. The number of benzene rings is 2. The van der Waals surface area contributed by atoms with E-state index in [0.29, 0.717) is 10.0 Å². The zero-order valence-corrected chi connectivity index (χ0v) is 17.7. The highest BCUT2D eigenvalue weighted by Gasteiger charge is 2.24. The largest absolute Gasteiger partial charge is 0.323 e. The van der Waals surface area contributed by atoms with Crippen molar-refractivity contribution in [2.75, 3.05) is 0 Å². The van der Waals surface area contributed by atoms with Gasteiger partial charge < -0.3 is 4.57 Å². The lowest BCUT2D eigenvalue weighted by molar-refractivity contribution is 0.674. The molecule has 0 aliphatic heterocycles. The maximum atomic E-state index is 6.16. The fraction of sp³-hybridized carbons (Fsp3) is 0.118. The van der Waals surface area contributed by atoms with E-state index in [2.05, 4.69) is 49.0 Å². The quantitative estimate of drug-likeness (QED) is 0.265. The average molecular weight is 507 g/mol. The third-order valence-electron chi connectivity index (χ3n) is 3.41. The minimum Gasteiger partial charge on any atom is -0.323 e. The first-order valence-corrected chi connectivity index (χ1v) is 10.4. The summed E-state index contributed by atoms with van der Waals surface area (Å²) in [6, 6.07) is 14.0. The molecule has 0 radical (unpaired) electrons. The Morgan fingerprint density at radius 2 is 1.79 bits per heavy atom. The number of imidazole rings is 1. The monoisotopic (exact) mass is 504 g/mol. The van der Waals surface area contributed by atoms with Crippen LogP contribution in [-0.4, -0.2) is 9.55 Å². The Morgan fingerprint density at radius 3 is 2.42 bits per heavy atom. The number of halogens is 4. The molecule has 0 saturated carbocycles. The number of aromatic nitrogens is 2. The Balaban J connectivity index is 1.94. The highest BCUT2D eigenvalue weighted by atomic mass is 79.9. The predicted molar refractivity (Wildman–Crippen MR) is 109 cm³/mol. The molecule has 24 heavy (non-hydrogen) atoms. The van der Waals surface area contributed by atoms with E-state index in [-0.39, 0.29) is 10.2 Å². The van der Waals surface area contributed by atoms with Gasteiger partial charge in [-0.15, -0.1) is 11.8 Å². The summed E-state index contributed by atoms with van der Waals surface area (Å²) in [7, 11) is 0. The Hall–Kier alpha value is -0.460. The van der Waals surface area contributed by atoms with Crippen molar-refractivity contribution in [3.05, 3.63) is 81.3 Å². The van der Waals surface area contributed by atoms with Gasteiger partial charge in [-0.1, -0.05) is 67.2 Å². The Bertz CT molecular complexity index is 810. The second-order valence-corrected chi connectivity index (χ2v) is 8.93. The van der Waals surface area contributed by atoms with Crippen LogP contribution >= 0.6 is 66.8 Å². The highest BCUT2D eigenvalue weighted by molar-refractivity contribution is 9.10. The maximum absolute atomic E-state index is 6.16. The summed E-state index contributed by atoms with van der Waals surface area (Å²) in [5.41, 5.74) is 1.20. The van der Waals surface area contributed by atoms with Crippen LogP contribution in [0.5, 0.6) is 0 Å². The fourth-order valence-electron chi connectivity index (χ4n) is 2.20. The average Bonchev–Trinajstić information content (AvgIpc) is 3.11. The second-order valence-electron chi connectivity index (χ2n) is 5.05. The van der Waals surface area contributed by atoms with Crippen molar-refractivity contribution in [2.24, 2.45) is 0 Å². The van der Waals surface area contributed by atoms with Crippen LogP contribution < -0.4 is 0 Å². The number of thioether (sulfide) groups is 1. The number of hydrogen-bond acceptors (Lipinski definition) is 2. The van der Waals surface area contributed by atoms with E-state index in [4.69, 9.17) is 23.2 Å². The zero-order chi connectivity index (χ0) is 17.1. The van der Waals surface area contributed by atoms with E-state index in [1.807, 2.05) is 41.1 Å². The normalized spacial score (nSPS) is 13.7. The topological polar surface area (TPSA) is 17.8 Å². The number of hydrogen-bond donors (Lipinski definition) is 0. The SMILES string of the molecule is Clc1ccc(SC(c2ccc(Br)cc2)C(Br)n2ccnc2)cc1Cl. The molecule has 1 heterocycles. The number of rotatable bonds is 5. The van der Waals surface area contributed by atoms with Gasteiger partial charge in [0.15, 0.2) is 0 Å². The van der Waals surface area contributed by atoms with Crippen LogP contribution in [0.3, 0.4) is 0 Å². The molecule has 0 saturated heterocycles. The van der Waals surface area contributed by atoms with Gasteiger partial charge in [-0.3, -0.25) is 0 Å². The molecule has 0 aliphatic carbocycles. The van der Waals surface area contributed by atoms with Gasteiger partial charge in [-0.2, -0.15) is 0 Å². The van der Waals surface area contributed by atoms with Crippen molar-refractivity contribution >= 4 is 66.8 Å². The Morgan fingerprint density at radius 1 is 1.04 bits per heavy atom. The zero-order valence-electron chi connectivity index (χ0n) is 12.2. The molecular weight excluding hydrogens is 495 g/mol. The van der Waals surface area contributed by atoms with E-state index in [1.54, 1.807) is 24.3 Å². The summed E-state index contributed by atoms with van der Waals surface area (Å²) < 4.78 is 3.09. The molecule has 0 spiro atoms. The molecule has 7 heteroatoms. The first-order valence-electron chi connectivity index (χ1n) is 7.03. The lowest BCUT2D eigenvalue weighted by Crippen LogP contribution is -2.08. The lowest BCUT2D eigenvalue weighted by atomic mass is 10.1. The molecule has 2 unspecified atom stereocenters. The molecule has 0 bridgehead atoms. The van der Waals surface area contributed by atoms with E-state index < -0.39 is 0 Å². The molecule has 2 aromatic carbocycles. The first kappa shape index (κ1) is 18.3. The van der Waals surface area contributed by atoms with Gasteiger partial charge in [0.25, 0.3) is 0 Å². The van der Waals surface area contributed by atoms with E-state index in [1.165, 1.54) is 5.56 Å². The molecule has 3 aromatic rings. The Kier molecular flexibility index (Phi) is 6.33. The molecular formula is C17H12Br2Cl2N2S. The molecule has 1 aromatic heterocycles. The van der Waals surface area contributed by atoms with Crippen LogP contribution in [0.25, 0.3) is 0 Å². The third kappa shape index (κ3) is 4.38. The molecule has 3 rings (SSSR count). The standard InChI is InChI=1S/C17H12Br2Cl2N2S/c18-12-3-1-11(2-4-12)16(17(19)23-8-7-22-10-23)24-13-5-6-14(20)15(21)9-13/h1-10,16-17H. The van der Waals surface area contributed by atoms with E-state index in [9.17, 15) is 0 Å². The van der Waals surface area contributed by atoms with Crippen molar-refractivity contribution in [1.82, 2.24) is 9.55 Å². The van der Waals surface area contributed by atoms with Crippen LogP contribution in [-0.2, 0) is 0 Å². The van der Waals surface area contributed by atoms with Crippen LogP contribution in [0, 0.1) is 0 Å². The molecule has 0 aliphatic rings. The summed E-state index contributed by atoms with van der Waals surface area (Å²) in [4.78, 5) is 5.24. The highest BCUT2D eigenvalue weighted by Crippen LogP contribution is 2.46. The summed E-state index contributed by atoms with van der Waals surface area (Å²) in [5, 5.41) is 1.25. The van der Waals surface area contributed by atoms with Gasteiger partial charge in [0.1, 0.15) is 4.95 Å². The number of alkyl halides is 1. The van der Waals surface area contributed by atoms with Crippen molar-refractivity contribution < 1.29 is 0 Å². The van der Waals surface area contributed by atoms with Crippen LogP contribution in [0.2, 0.25) is 10.0 Å². The van der Waals surface area contributed by atoms with Crippen LogP contribution in [0.1, 0.15) is 15.8 Å². The van der Waals surface area contributed by atoms with Gasteiger partial charge in [0, 0.05) is 21.8 Å². The first-order chi connectivity index (χ1) is 11.5. The molecule has 124 valence electrons. The number of nitrogens with zero attached hydrogens (tertiary/aromatic N) is 2. The minimum atomic E-state index is 0.0422. The molecule has 2 atom stereocenters. The maximum Gasteiger partial charge on any atom is 0.106 e. The second kappa shape index (κ2) is 8.28. The summed E-state index contributed by atoms with van der Waals surface area (Å²) in [5.74, 6) is 0. The lowest BCUT2D eigenvalue weighted by Gasteiger charge is -2.24. The van der Waals surface area contributed by atoms with Gasteiger partial charge in [0.05, 0.1) is 21.6 Å². The Labute approximate surface area is 171 Å². The summed E-state index contributed by atoms with van der Waals surface area (Å²) in [6.07, 6.45) is 5.53. The van der Waals surface area contributed by atoms with Crippen molar-refractivity contribution in [1.29, 1.82) is 0 Å². The fourth-order valence-corrected chi connectivity index (χ4v) is 4.87. The molecule has 0 N–H and O–H groups in total. The van der Waals surface area contributed by atoms with Crippen molar-refractivity contribution in [2.45, 2.75) is 15.1 Å². The van der Waals surface area contributed by atoms with Crippen molar-refractivity contribution in [3.8, 4) is 0 Å².